The van der Waals surface area contributed by atoms with Gasteiger partial charge in [0.05, 0.1) is 12.7 Å². The molecule has 1 aromatic carbocycles. The van der Waals surface area contributed by atoms with Crippen molar-refractivity contribution in [3.05, 3.63) is 29.3 Å². The molecule has 1 aromatic rings. The molecule has 1 atom stereocenters. The van der Waals surface area contributed by atoms with Crippen LogP contribution in [0.1, 0.15) is 56.7 Å². The highest BCUT2D eigenvalue weighted by molar-refractivity contribution is 5.41. The van der Waals surface area contributed by atoms with Gasteiger partial charge in [-0.25, -0.2) is 0 Å². The Balaban J connectivity index is 1.72. The Hall–Kier alpha value is -1.06. The number of nitrogens with one attached hydrogen (secondary N) is 1. The van der Waals surface area contributed by atoms with Crippen molar-refractivity contribution in [2.24, 2.45) is 5.92 Å². The van der Waals surface area contributed by atoms with E-state index in [1.54, 1.807) is 0 Å². The minimum atomic E-state index is -0.0855. The van der Waals surface area contributed by atoms with E-state index >= 15 is 0 Å². The average molecular weight is 289 g/mol. The third-order valence-corrected chi connectivity index (χ3v) is 4.85. The van der Waals surface area contributed by atoms with Gasteiger partial charge in [-0.1, -0.05) is 26.0 Å². The van der Waals surface area contributed by atoms with Crippen molar-refractivity contribution in [1.82, 2.24) is 5.32 Å². The van der Waals surface area contributed by atoms with Gasteiger partial charge < -0.3 is 15.2 Å². The summed E-state index contributed by atoms with van der Waals surface area (Å²) in [6.07, 6.45) is 4.97. The second-order valence-electron chi connectivity index (χ2n) is 6.86. The molecule has 0 radical (unpaired) electrons. The number of hydrogen-bond acceptors (Lipinski definition) is 3. The summed E-state index contributed by atoms with van der Waals surface area (Å²) >= 11 is 0. The summed E-state index contributed by atoms with van der Waals surface area (Å²) < 4.78 is 5.61. The van der Waals surface area contributed by atoms with Gasteiger partial charge in [-0.15, -0.1) is 0 Å². The first-order valence-corrected chi connectivity index (χ1v) is 8.33. The highest BCUT2D eigenvalue weighted by atomic mass is 16.5. The molecule has 0 saturated heterocycles. The van der Waals surface area contributed by atoms with Crippen LogP contribution in [-0.2, 0) is 6.42 Å². The second-order valence-corrected chi connectivity index (χ2v) is 6.86. The zero-order valence-electron chi connectivity index (χ0n) is 13.1. The number of fused-ring (bicyclic) bond motifs is 1. The van der Waals surface area contributed by atoms with Crippen LogP contribution in [0, 0.1) is 5.92 Å². The minimum Gasteiger partial charge on any atom is -0.493 e. The zero-order chi connectivity index (χ0) is 14.8. The van der Waals surface area contributed by atoms with Crippen LogP contribution in [0.3, 0.4) is 0 Å². The molecule has 1 unspecified atom stereocenters. The van der Waals surface area contributed by atoms with Crippen LogP contribution in [0.25, 0.3) is 0 Å². The molecule has 21 heavy (non-hydrogen) atoms. The van der Waals surface area contributed by atoms with E-state index in [1.165, 1.54) is 11.1 Å². The molecule has 1 aliphatic heterocycles. The second kappa shape index (κ2) is 6.37. The average Bonchev–Trinajstić information content (AvgIpc) is 2.93. The van der Waals surface area contributed by atoms with Gasteiger partial charge in [-0.05, 0) is 48.8 Å². The summed E-state index contributed by atoms with van der Waals surface area (Å²) in [5.41, 5.74) is 2.72. The molecule has 1 fully saturated rings. The molecule has 3 heteroatoms. The van der Waals surface area contributed by atoms with E-state index in [4.69, 9.17) is 4.74 Å². The molecule has 0 aromatic heterocycles. The standard InChI is InChI=1S/C18H27NO2/c1-12(2)18(19-15-4-6-16(20)7-5-15)14-3-8-17-13(11-14)9-10-21-17/h3,8,11-12,15-16,18-20H,4-7,9-10H2,1-2H3. The maximum atomic E-state index is 9.65. The number of ether oxygens (including phenoxy) is 1. The predicted molar refractivity (Wildman–Crippen MR) is 84.6 cm³/mol. The van der Waals surface area contributed by atoms with Crippen LogP contribution in [0.4, 0.5) is 0 Å². The monoisotopic (exact) mass is 289 g/mol. The Morgan fingerprint density at radius 3 is 2.67 bits per heavy atom. The molecule has 1 aliphatic carbocycles. The molecule has 2 aliphatic rings. The summed E-state index contributed by atoms with van der Waals surface area (Å²) in [5, 5.41) is 13.5. The van der Waals surface area contributed by atoms with Crippen molar-refractivity contribution in [3.8, 4) is 5.75 Å². The normalized spacial score (nSPS) is 26.5. The summed E-state index contributed by atoms with van der Waals surface area (Å²) in [5.74, 6) is 1.61. The minimum absolute atomic E-state index is 0.0855. The SMILES string of the molecule is CC(C)C(NC1CCC(O)CC1)c1ccc2c(c1)CCO2. The molecule has 0 amide bonds. The van der Waals surface area contributed by atoms with Crippen molar-refractivity contribution in [2.75, 3.05) is 6.61 Å². The summed E-state index contributed by atoms with van der Waals surface area (Å²) in [6.45, 7) is 5.37. The van der Waals surface area contributed by atoms with Crippen LogP contribution in [0.15, 0.2) is 18.2 Å². The van der Waals surface area contributed by atoms with E-state index in [2.05, 4.69) is 37.4 Å². The molecule has 3 rings (SSSR count). The quantitative estimate of drug-likeness (QED) is 0.894. The molecule has 0 bridgehead atoms. The smallest absolute Gasteiger partial charge is 0.122 e. The molecule has 0 spiro atoms. The summed E-state index contributed by atoms with van der Waals surface area (Å²) in [7, 11) is 0. The van der Waals surface area contributed by atoms with Gasteiger partial charge in [-0.2, -0.15) is 0 Å². The van der Waals surface area contributed by atoms with E-state index in [0.717, 1.165) is 44.5 Å². The lowest BCUT2D eigenvalue weighted by Crippen LogP contribution is -2.39. The molecule has 116 valence electrons. The molecular weight excluding hydrogens is 262 g/mol. The van der Waals surface area contributed by atoms with Gasteiger partial charge in [0.1, 0.15) is 5.75 Å². The number of aliphatic hydroxyl groups excluding tert-OH is 1. The predicted octanol–water partition coefficient (Wildman–Crippen LogP) is 3.21. The molecule has 1 heterocycles. The van der Waals surface area contributed by atoms with Crippen LogP contribution in [0.2, 0.25) is 0 Å². The Morgan fingerprint density at radius 2 is 1.95 bits per heavy atom. The van der Waals surface area contributed by atoms with Crippen molar-refractivity contribution < 1.29 is 9.84 Å². The Kier molecular flexibility index (Phi) is 4.51. The Bertz CT molecular complexity index is 478. The lowest BCUT2D eigenvalue weighted by Gasteiger charge is -2.32. The van der Waals surface area contributed by atoms with Crippen molar-refractivity contribution in [1.29, 1.82) is 0 Å². The number of aliphatic hydroxyl groups is 1. The first kappa shape index (κ1) is 14.9. The van der Waals surface area contributed by atoms with E-state index in [9.17, 15) is 5.11 Å². The van der Waals surface area contributed by atoms with Gasteiger partial charge in [0.25, 0.3) is 0 Å². The highest BCUT2D eigenvalue weighted by Crippen LogP contribution is 2.32. The van der Waals surface area contributed by atoms with Crippen LogP contribution < -0.4 is 10.1 Å². The number of hydrogen-bond donors (Lipinski definition) is 2. The van der Waals surface area contributed by atoms with Gasteiger partial charge >= 0.3 is 0 Å². The van der Waals surface area contributed by atoms with Crippen LogP contribution in [0.5, 0.6) is 5.75 Å². The Labute approximate surface area is 127 Å². The van der Waals surface area contributed by atoms with Crippen molar-refractivity contribution >= 4 is 0 Å². The first-order chi connectivity index (χ1) is 10.1. The summed E-state index contributed by atoms with van der Waals surface area (Å²) in [6, 6.07) is 7.57. The summed E-state index contributed by atoms with van der Waals surface area (Å²) in [4.78, 5) is 0. The van der Waals surface area contributed by atoms with Crippen molar-refractivity contribution in [3.63, 3.8) is 0 Å². The first-order valence-electron chi connectivity index (χ1n) is 8.33. The van der Waals surface area contributed by atoms with Crippen LogP contribution in [-0.4, -0.2) is 23.9 Å². The fraction of sp³-hybridized carbons (Fsp3) is 0.667. The van der Waals surface area contributed by atoms with Crippen LogP contribution >= 0.6 is 0 Å². The van der Waals surface area contributed by atoms with Gasteiger partial charge in [-0.3, -0.25) is 0 Å². The Morgan fingerprint density at radius 1 is 1.19 bits per heavy atom. The molecule has 1 saturated carbocycles. The van der Waals surface area contributed by atoms with Gasteiger partial charge in [0.2, 0.25) is 0 Å². The number of rotatable bonds is 4. The molecular formula is C18H27NO2. The molecule has 2 N–H and O–H groups in total. The number of benzene rings is 1. The zero-order valence-corrected chi connectivity index (χ0v) is 13.1. The molecule has 3 nitrogen and oxygen atoms in total. The van der Waals surface area contributed by atoms with E-state index < -0.39 is 0 Å². The third-order valence-electron chi connectivity index (χ3n) is 4.85. The highest BCUT2D eigenvalue weighted by Gasteiger charge is 2.25. The van der Waals surface area contributed by atoms with E-state index in [-0.39, 0.29) is 6.10 Å². The fourth-order valence-corrected chi connectivity index (χ4v) is 3.57. The third kappa shape index (κ3) is 3.41. The lowest BCUT2D eigenvalue weighted by atomic mass is 9.89. The largest absolute Gasteiger partial charge is 0.493 e. The maximum absolute atomic E-state index is 9.65. The van der Waals surface area contributed by atoms with Gasteiger partial charge in [0, 0.05) is 18.5 Å². The van der Waals surface area contributed by atoms with E-state index in [0.29, 0.717) is 18.0 Å². The maximum Gasteiger partial charge on any atom is 0.122 e. The van der Waals surface area contributed by atoms with Crippen molar-refractivity contribution in [2.45, 2.75) is 64.1 Å². The van der Waals surface area contributed by atoms with E-state index in [1.807, 2.05) is 0 Å². The van der Waals surface area contributed by atoms with Gasteiger partial charge in [0.15, 0.2) is 0 Å². The lowest BCUT2D eigenvalue weighted by molar-refractivity contribution is 0.112. The fourth-order valence-electron chi connectivity index (χ4n) is 3.57. The topological polar surface area (TPSA) is 41.5 Å².